The van der Waals surface area contributed by atoms with Crippen LogP contribution in [0, 0.1) is 0 Å². The van der Waals surface area contributed by atoms with Crippen molar-refractivity contribution in [3.63, 3.8) is 0 Å². The number of rotatable bonds is 9. The largest absolute Gasteiger partial charge is 0.481 e. The second-order valence-electron chi connectivity index (χ2n) is 4.59. The van der Waals surface area contributed by atoms with E-state index in [4.69, 9.17) is 9.84 Å². The number of benzene rings is 1. The number of carboxylic acids is 1. The fourth-order valence-electron chi connectivity index (χ4n) is 1.81. The molecule has 0 saturated carbocycles. The number of carbonyl (C=O) groups excluding carboxylic acids is 1. The predicted octanol–water partition coefficient (Wildman–Crippen LogP) is 2.46. The third kappa shape index (κ3) is 6.89. The quantitative estimate of drug-likeness (QED) is 0.681. The number of methoxy groups -OCH3 is 1. The Bertz CT molecular complexity index is 445. The number of carbonyl (C=O) groups is 2. The first kappa shape index (κ1) is 16.2. The van der Waals surface area contributed by atoms with E-state index in [1.54, 1.807) is 13.2 Å². The summed E-state index contributed by atoms with van der Waals surface area (Å²) in [6.45, 7) is 0.665. The summed E-state index contributed by atoms with van der Waals surface area (Å²) < 4.78 is 4.92. The lowest BCUT2D eigenvalue weighted by atomic mass is 10.1. The minimum absolute atomic E-state index is 0.0310. The van der Waals surface area contributed by atoms with Crippen molar-refractivity contribution in [3.05, 3.63) is 29.8 Å². The van der Waals surface area contributed by atoms with Crippen molar-refractivity contribution in [2.24, 2.45) is 0 Å². The number of aryl methyl sites for hydroxylation is 1. The molecule has 0 aliphatic heterocycles. The molecule has 0 saturated heterocycles. The molecule has 0 radical (unpaired) electrons. The summed E-state index contributed by atoms with van der Waals surface area (Å²) in [5.74, 6) is -0.853. The standard InChI is InChI=1S/C15H21NO4/c1-20-10-3-2-7-14(17)16-13-6-4-5-12(11-13)8-9-15(18)19/h4-6,11H,2-3,7-10H2,1H3,(H,16,17)(H,18,19). The molecule has 2 N–H and O–H groups in total. The molecule has 0 aliphatic rings. The molecule has 0 aromatic heterocycles. The van der Waals surface area contributed by atoms with Gasteiger partial charge in [0.1, 0.15) is 0 Å². The van der Waals surface area contributed by atoms with Gasteiger partial charge >= 0.3 is 5.97 Å². The van der Waals surface area contributed by atoms with Gasteiger partial charge in [0, 0.05) is 32.2 Å². The molecule has 0 heterocycles. The number of hydrogen-bond donors (Lipinski definition) is 2. The smallest absolute Gasteiger partial charge is 0.303 e. The highest BCUT2D eigenvalue weighted by Gasteiger charge is 2.04. The van der Waals surface area contributed by atoms with Gasteiger partial charge in [0.2, 0.25) is 5.91 Å². The van der Waals surface area contributed by atoms with Gasteiger partial charge in [0.05, 0.1) is 0 Å². The molecule has 1 aromatic rings. The average Bonchev–Trinajstić information content (AvgIpc) is 2.42. The number of hydrogen-bond acceptors (Lipinski definition) is 3. The van der Waals surface area contributed by atoms with Crippen LogP contribution in [-0.2, 0) is 20.7 Å². The van der Waals surface area contributed by atoms with Crippen LogP contribution >= 0.6 is 0 Å². The number of anilines is 1. The van der Waals surface area contributed by atoms with Gasteiger partial charge in [-0.25, -0.2) is 0 Å². The van der Waals surface area contributed by atoms with Crippen molar-refractivity contribution in [1.82, 2.24) is 0 Å². The van der Waals surface area contributed by atoms with E-state index in [1.807, 2.05) is 18.2 Å². The number of unbranched alkanes of at least 4 members (excludes halogenated alkanes) is 1. The van der Waals surface area contributed by atoms with Crippen LogP contribution in [0.15, 0.2) is 24.3 Å². The van der Waals surface area contributed by atoms with Crippen molar-refractivity contribution in [2.45, 2.75) is 32.1 Å². The lowest BCUT2D eigenvalue weighted by Gasteiger charge is -2.07. The molecule has 0 bridgehead atoms. The Morgan fingerprint density at radius 3 is 2.75 bits per heavy atom. The second-order valence-corrected chi connectivity index (χ2v) is 4.59. The number of amides is 1. The highest BCUT2D eigenvalue weighted by Crippen LogP contribution is 2.13. The molecule has 0 atom stereocenters. The van der Waals surface area contributed by atoms with E-state index in [1.165, 1.54) is 0 Å². The molecule has 110 valence electrons. The maximum absolute atomic E-state index is 11.7. The lowest BCUT2D eigenvalue weighted by Crippen LogP contribution is -2.11. The first-order chi connectivity index (χ1) is 9.61. The molecule has 1 aromatic carbocycles. The molecular weight excluding hydrogens is 258 g/mol. The molecule has 0 fully saturated rings. The Labute approximate surface area is 118 Å². The molecule has 5 nitrogen and oxygen atoms in total. The van der Waals surface area contributed by atoms with E-state index in [0.717, 1.165) is 18.4 Å². The van der Waals surface area contributed by atoms with Crippen LogP contribution in [0.3, 0.4) is 0 Å². The van der Waals surface area contributed by atoms with E-state index < -0.39 is 5.97 Å². The van der Waals surface area contributed by atoms with Crippen molar-refractivity contribution < 1.29 is 19.4 Å². The Balaban J connectivity index is 2.40. The van der Waals surface area contributed by atoms with Crippen LogP contribution in [0.1, 0.15) is 31.2 Å². The minimum atomic E-state index is -0.822. The van der Waals surface area contributed by atoms with Crippen LogP contribution < -0.4 is 5.32 Å². The fourth-order valence-corrected chi connectivity index (χ4v) is 1.81. The normalized spacial score (nSPS) is 10.2. The summed E-state index contributed by atoms with van der Waals surface area (Å²) in [4.78, 5) is 22.2. The van der Waals surface area contributed by atoms with Gasteiger partial charge in [-0.3, -0.25) is 9.59 Å². The van der Waals surface area contributed by atoms with Crippen molar-refractivity contribution >= 4 is 17.6 Å². The first-order valence-electron chi connectivity index (χ1n) is 6.71. The van der Waals surface area contributed by atoms with Gasteiger partial charge < -0.3 is 15.2 Å². The summed E-state index contributed by atoms with van der Waals surface area (Å²) in [5.41, 5.74) is 1.62. The van der Waals surface area contributed by atoms with E-state index in [2.05, 4.69) is 5.32 Å². The summed E-state index contributed by atoms with van der Waals surface area (Å²) in [6.07, 6.45) is 2.67. The molecule has 0 spiro atoms. The van der Waals surface area contributed by atoms with Crippen LogP contribution in [-0.4, -0.2) is 30.7 Å². The van der Waals surface area contributed by atoms with Gasteiger partial charge in [-0.15, -0.1) is 0 Å². The maximum atomic E-state index is 11.7. The van der Waals surface area contributed by atoms with Crippen LogP contribution in [0.5, 0.6) is 0 Å². The third-order valence-corrected chi connectivity index (χ3v) is 2.84. The SMILES string of the molecule is COCCCCC(=O)Nc1cccc(CCC(=O)O)c1. The first-order valence-corrected chi connectivity index (χ1v) is 6.71. The number of ether oxygens (including phenoxy) is 1. The summed E-state index contributed by atoms with van der Waals surface area (Å²) >= 11 is 0. The van der Waals surface area contributed by atoms with Crippen LogP contribution in [0.4, 0.5) is 5.69 Å². The summed E-state index contributed by atoms with van der Waals surface area (Å²) in [5, 5.41) is 11.5. The van der Waals surface area contributed by atoms with Gasteiger partial charge in [-0.05, 0) is 37.0 Å². The lowest BCUT2D eigenvalue weighted by molar-refractivity contribution is -0.137. The van der Waals surface area contributed by atoms with Gasteiger partial charge in [-0.2, -0.15) is 0 Å². The molecular formula is C15H21NO4. The Kier molecular flexibility index (Phi) is 7.35. The second kappa shape index (κ2) is 9.09. The topological polar surface area (TPSA) is 75.6 Å². The molecule has 1 amide bonds. The number of nitrogens with one attached hydrogen (secondary N) is 1. The highest BCUT2D eigenvalue weighted by molar-refractivity contribution is 5.90. The Morgan fingerprint density at radius 1 is 1.25 bits per heavy atom. The van der Waals surface area contributed by atoms with Crippen molar-refractivity contribution in [2.75, 3.05) is 19.0 Å². The molecule has 5 heteroatoms. The van der Waals surface area contributed by atoms with Gasteiger partial charge in [0.25, 0.3) is 0 Å². The van der Waals surface area contributed by atoms with Crippen molar-refractivity contribution in [3.8, 4) is 0 Å². The van der Waals surface area contributed by atoms with Crippen LogP contribution in [0.25, 0.3) is 0 Å². The summed E-state index contributed by atoms with van der Waals surface area (Å²) in [7, 11) is 1.64. The monoisotopic (exact) mass is 279 g/mol. The number of carboxylic acid groups (broad SMARTS) is 1. The molecule has 1 rings (SSSR count). The van der Waals surface area contributed by atoms with E-state index in [9.17, 15) is 9.59 Å². The van der Waals surface area contributed by atoms with E-state index >= 15 is 0 Å². The van der Waals surface area contributed by atoms with Crippen molar-refractivity contribution in [1.29, 1.82) is 0 Å². The third-order valence-electron chi connectivity index (χ3n) is 2.84. The van der Waals surface area contributed by atoms with Crippen LogP contribution in [0.2, 0.25) is 0 Å². The average molecular weight is 279 g/mol. The van der Waals surface area contributed by atoms with Gasteiger partial charge in [-0.1, -0.05) is 12.1 Å². The highest BCUT2D eigenvalue weighted by atomic mass is 16.5. The van der Waals surface area contributed by atoms with E-state index in [-0.39, 0.29) is 12.3 Å². The Hall–Kier alpha value is -1.88. The zero-order valence-corrected chi connectivity index (χ0v) is 11.7. The van der Waals surface area contributed by atoms with E-state index in [0.29, 0.717) is 25.1 Å². The minimum Gasteiger partial charge on any atom is -0.481 e. The maximum Gasteiger partial charge on any atom is 0.303 e. The molecule has 0 aliphatic carbocycles. The molecule has 20 heavy (non-hydrogen) atoms. The fraction of sp³-hybridized carbons (Fsp3) is 0.467. The zero-order valence-electron chi connectivity index (χ0n) is 11.7. The number of aliphatic carboxylic acids is 1. The van der Waals surface area contributed by atoms with Gasteiger partial charge in [0.15, 0.2) is 0 Å². The predicted molar refractivity (Wildman–Crippen MR) is 76.8 cm³/mol. The zero-order chi connectivity index (χ0) is 14.8. The molecule has 0 unspecified atom stereocenters. The Morgan fingerprint density at radius 2 is 2.05 bits per heavy atom. The summed E-state index contributed by atoms with van der Waals surface area (Å²) in [6, 6.07) is 7.29.